The van der Waals surface area contributed by atoms with Crippen LogP contribution in [0.1, 0.15) is 11.3 Å². The van der Waals surface area contributed by atoms with Crippen molar-refractivity contribution in [3.63, 3.8) is 0 Å². The van der Waals surface area contributed by atoms with Crippen molar-refractivity contribution in [3.05, 3.63) is 52.9 Å². The number of hydrogen-bond donors (Lipinski definition) is 1. The molecule has 1 N–H and O–H groups in total. The summed E-state index contributed by atoms with van der Waals surface area (Å²) in [4.78, 5) is 6.24. The summed E-state index contributed by atoms with van der Waals surface area (Å²) in [5.74, 6) is 0.771. The summed E-state index contributed by atoms with van der Waals surface area (Å²) in [5, 5.41) is 7.83. The van der Waals surface area contributed by atoms with Crippen LogP contribution in [-0.4, -0.2) is 30.1 Å². The maximum Gasteiger partial charge on any atom is 0.194 e. The molecule has 114 valence electrons. The van der Waals surface area contributed by atoms with Crippen LogP contribution in [0.4, 0.5) is 0 Å². The fourth-order valence-corrected chi connectivity index (χ4v) is 2.04. The average Bonchev–Trinajstić information content (AvgIpc) is 2.95. The highest BCUT2D eigenvalue weighted by molar-refractivity contribution is 14.0. The van der Waals surface area contributed by atoms with E-state index < -0.39 is 0 Å². The molecule has 0 aliphatic rings. The summed E-state index contributed by atoms with van der Waals surface area (Å²) >= 11 is 6.17. The van der Waals surface area contributed by atoms with Crippen LogP contribution in [0, 0.1) is 0 Å². The number of halogens is 2. The van der Waals surface area contributed by atoms with Gasteiger partial charge in [0, 0.05) is 31.7 Å². The molecule has 0 saturated heterocycles. The van der Waals surface area contributed by atoms with Gasteiger partial charge in [0.1, 0.15) is 12.0 Å². The Morgan fingerprint density at radius 2 is 2.14 bits per heavy atom. The van der Waals surface area contributed by atoms with Gasteiger partial charge in [0.15, 0.2) is 5.96 Å². The van der Waals surface area contributed by atoms with Gasteiger partial charge in [-0.2, -0.15) is 0 Å². The molecule has 7 heteroatoms. The zero-order valence-corrected chi connectivity index (χ0v) is 15.0. The van der Waals surface area contributed by atoms with Gasteiger partial charge >= 0.3 is 0 Å². The minimum atomic E-state index is 0. The smallest absolute Gasteiger partial charge is 0.194 e. The third-order valence-electron chi connectivity index (χ3n) is 2.86. The molecule has 0 spiro atoms. The molecule has 2 aromatic rings. The predicted molar refractivity (Wildman–Crippen MR) is 95.0 cm³/mol. The van der Waals surface area contributed by atoms with Gasteiger partial charge in [-0.3, -0.25) is 4.99 Å². The van der Waals surface area contributed by atoms with Gasteiger partial charge in [0.05, 0.1) is 6.54 Å². The Balaban J connectivity index is 0.00000220. The number of hydrogen-bond acceptors (Lipinski definition) is 3. The number of aromatic nitrogens is 1. The molecule has 1 heterocycles. The van der Waals surface area contributed by atoms with Crippen molar-refractivity contribution in [2.75, 3.05) is 14.1 Å². The summed E-state index contributed by atoms with van der Waals surface area (Å²) in [6.07, 6.45) is 1.55. The zero-order valence-electron chi connectivity index (χ0n) is 11.9. The Hall–Kier alpha value is -1.28. The van der Waals surface area contributed by atoms with E-state index in [9.17, 15) is 0 Å². The molecule has 1 aromatic carbocycles. The highest BCUT2D eigenvalue weighted by atomic mass is 127. The second-order valence-corrected chi connectivity index (χ2v) is 4.75. The minimum absolute atomic E-state index is 0. The molecule has 0 fully saturated rings. The van der Waals surface area contributed by atoms with Crippen LogP contribution in [0.5, 0.6) is 0 Å². The van der Waals surface area contributed by atoms with E-state index in [4.69, 9.17) is 16.1 Å². The third kappa shape index (κ3) is 5.20. The fourth-order valence-electron chi connectivity index (χ4n) is 1.84. The summed E-state index contributed by atoms with van der Waals surface area (Å²) in [6, 6.07) is 9.60. The zero-order chi connectivity index (χ0) is 14.4. The maximum atomic E-state index is 6.17. The third-order valence-corrected chi connectivity index (χ3v) is 3.23. The van der Waals surface area contributed by atoms with Crippen LogP contribution < -0.4 is 5.32 Å². The van der Waals surface area contributed by atoms with E-state index in [0.29, 0.717) is 13.1 Å². The first kappa shape index (κ1) is 17.8. The van der Waals surface area contributed by atoms with Crippen LogP contribution in [0.3, 0.4) is 0 Å². The van der Waals surface area contributed by atoms with Crippen LogP contribution in [0.2, 0.25) is 5.02 Å². The molecule has 0 radical (unpaired) electrons. The molecular formula is C14H18ClIN4O. The molecule has 0 aliphatic heterocycles. The van der Waals surface area contributed by atoms with Crippen molar-refractivity contribution in [2.45, 2.75) is 13.1 Å². The van der Waals surface area contributed by atoms with E-state index >= 15 is 0 Å². The monoisotopic (exact) mass is 420 g/mol. The Kier molecular flexibility index (Phi) is 7.52. The lowest BCUT2D eigenvalue weighted by Crippen LogP contribution is -2.38. The summed E-state index contributed by atoms with van der Waals surface area (Å²) in [5.41, 5.74) is 1.89. The normalized spacial score (nSPS) is 10.9. The average molecular weight is 421 g/mol. The molecule has 5 nitrogen and oxygen atoms in total. The van der Waals surface area contributed by atoms with Crippen LogP contribution >= 0.6 is 35.6 Å². The van der Waals surface area contributed by atoms with Crippen molar-refractivity contribution in [1.29, 1.82) is 0 Å². The van der Waals surface area contributed by atoms with Crippen molar-refractivity contribution in [1.82, 2.24) is 15.4 Å². The van der Waals surface area contributed by atoms with E-state index in [1.165, 1.54) is 0 Å². The lowest BCUT2D eigenvalue weighted by Gasteiger charge is -2.22. The van der Waals surface area contributed by atoms with Gasteiger partial charge in [-0.05, 0) is 11.6 Å². The maximum absolute atomic E-state index is 6.17. The van der Waals surface area contributed by atoms with E-state index in [1.54, 1.807) is 13.3 Å². The summed E-state index contributed by atoms with van der Waals surface area (Å²) in [7, 11) is 3.70. The van der Waals surface area contributed by atoms with Gasteiger partial charge < -0.3 is 14.7 Å². The first-order chi connectivity index (χ1) is 9.70. The molecule has 0 atom stereocenters. The second-order valence-electron chi connectivity index (χ2n) is 4.34. The van der Waals surface area contributed by atoms with Crippen molar-refractivity contribution >= 4 is 41.5 Å². The first-order valence-corrected chi connectivity index (χ1v) is 6.63. The van der Waals surface area contributed by atoms with E-state index in [2.05, 4.69) is 15.5 Å². The highest BCUT2D eigenvalue weighted by Crippen LogP contribution is 2.16. The minimum Gasteiger partial charge on any atom is -0.364 e. The number of benzene rings is 1. The number of nitrogens with one attached hydrogen (secondary N) is 1. The first-order valence-electron chi connectivity index (χ1n) is 6.25. The lowest BCUT2D eigenvalue weighted by molar-refractivity contribution is 0.409. The van der Waals surface area contributed by atoms with Crippen molar-refractivity contribution in [2.24, 2.45) is 4.99 Å². The molecule has 0 aliphatic carbocycles. The number of guanidine groups is 1. The molecular weight excluding hydrogens is 403 g/mol. The second kappa shape index (κ2) is 8.89. The molecule has 1 aromatic heterocycles. The Labute approximate surface area is 146 Å². The molecule has 0 bridgehead atoms. The number of nitrogens with zero attached hydrogens (tertiary/aromatic N) is 3. The predicted octanol–water partition coefficient (Wildman–Crippen LogP) is 3.15. The summed E-state index contributed by atoms with van der Waals surface area (Å²) < 4.78 is 4.79. The topological polar surface area (TPSA) is 53.7 Å². The number of aliphatic imine (C=N–C) groups is 1. The van der Waals surface area contributed by atoms with Crippen LogP contribution in [-0.2, 0) is 13.1 Å². The fraction of sp³-hybridized carbons (Fsp3) is 0.286. The van der Waals surface area contributed by atoms with Crippen LogP contribution in [0.15, 0.2) is 46.1 Å². The van der Waals surface area contributed by atoms with Gasteiger partial charge in [-0.25, -0.2) is 0 Å². The summed E-state index contributed by atoms with van der Waals surface area (Å²) in [6.45, 7) is 1.24. The standard InChI is InChI=1S/C14H17ClN4O.HI/c1-16-14(17-9-12-7-8-20-18-12)19(2)10-11-5-3-4-6-13(11)15;/h3-8H,9-10H2,1-2H3,(H,16,17);1H. The largest absolute Gasteiger partial charge is 0.364 e. The van der Waals surface area contributed by atoms with Crippen molar-refractivity contribution in [3.8, 4) is 0 Å². The molecule has 21 heavy (non-hydrogen) atoms. The van der Waals surface area contributed by atoms with Gasteiger partial charge in [-0.15, -0.1) is 24.0 Å². The molecule has 0 amide bonds. The Morgan fingerprint density at radius 3 is 2.76 bits per heavy atom. The van der Waals surface area contributed by atoms with E-state index in [-0.39, 0.29) is 24.0 Å². The number of rotatable bonds is 4. The molecule has 0 unspecified atom stereocenters. The SMILES string of the molecule is CN=C(NCc1ccon1)N(C)Cc1ccccc1Cl.I. The molecule has 2 rings (SSSR count). The Morgan fingerprint density at radius 1 is 1.38 bits per heavy atom. The van der Waals surface area contributed by atoms with Gasteiger partial charge in [0.25, 0.3) is 0 Å². The van der Waals surface area contributed by atoms with E-state index in [0.717, 1.165) is 22.2 Å². The quantitative estimate of drug-likeness (QED) is 0.469. The molecule has 0 saturated carbocycles. The Bertz CT molecular complexity index is 574. The van der Waals surface area contributed by atoms with Crippen molar-refractivity contribution < 1.29 is 4.52 Å². The lowest BCUT2D eigenvalue weighted by atomic mass is 10.2. The van der Waals surface area contributed by atoms with Gasteiger partial charge in [-0.1, -0.05) is 35.0 Å². The highest BCUT2D eigenvalue weighted by Gasteiger charge is 2.09. The van der Waals surface area contributed by atoms with Gasteiger partial charge in [0.2, 0.25) is 0 Å². The van der Waals surface area contributed by atoms with E-state index in [1.807, 2.05) is 42.3 Å². The van der Waals surface area contributed by atoms with Crippen LogP contribution in [0.25, 0.3) is 0 Å².